The van der Waals surface area contributed by atoms with Gasteiger partial charge in [0.15, 0.2) is 11.5 Å². The molecule has 2 fully saturated rings. The van der Waals surface area contributed by atoms with E-state index < -0.39 is 0 Å². The number of nitrogens with one attached hydrogen (secondary N) is 1. The molecule has 2 atom stereocenters. The molecule has 3 aromatic rings. The summed E-state index contributed by atoms with van der Waals surface area (Å²) in [5, 5.41) is 0. The highest BCUT2D eigenvalue weighted by Gasteiger charge is 2.38. The number of H-pyrrole nitrogens is 1. The van der Waals surface area contributed by atoms with Crippen LogP contribution in [0.25, 0.3) is 11.2 Å². The van der Waals surface area contributed by atoms with Gasteiger partial charge in [0.2, 0.25) is 0 Å². The van der Waals surface area contributed by atoms with E-state index in [1.54, 1.807) is 19.8 Å². The normalized spacial score (nSPS) is 23.0. The maximum Gasteiger partial charge on any atom is 0.182 e. The van der Waals surface area contributed by atoms with Crippen molar-refractivity contribution in [3.63, 3.8) is 0 Å². The summed E-state index contributed by atoms with van der Waals surface area (Å²) in [6, 6.07) is 9.00. The zero-order valence-corrected chi connectivity index (χ0v) is 16.2. The molecule has 2 aliphatic rings. The number of nitrogens with zero attached hydrogens (tertiary/aromatic N) is 5. The van der Waals surface area contributed by atoms with Crippen LogP contribution in [0.4, 0.5) is 5.82 Å². The molecule has 0 spiro atoms. The first-order valence-electron chi connectivity index (χ1n) is 10.1. The number of hydrogen-bond acceptors (Lipinski definition) is 6. The minimum absolute atomic E-state index is 0.543. The van der Waals surface area contributed by atoms with Crippen molar-refractivity contribution in [3.05, 3.63) is 42.5 Å². The zero-order valence-electron chi connectivity index (χ0n) is 16.2. The van der Waals surface area contributed by atoms with Gasteiger partial charge in [-0.3, -0.25) is 4.90 Å². The van der Waals surface area contributed by atoms with Crippen LogP contribution < -0.4 is 9.64 Å². The largest absolute Gasteiger partial charge is 0.497 e. The Morgan fingerprint density at radius 1 is 1.18 bits per heavy atom. The molecule has 5 rings (SSSR count). The molecule has 0 bridgehead atoms. The molecule has 7 heteroatoms. The van der Waals surface area contributed by atoms with Crippen molar-refractivity contribution in [2.45, 2.75) is 31.8 Å². The molecule has 2 saturated heterocycles. The Balaban J connectivity index is 1.39. The molecule has 2 aliphatic heterocycles. The fraction of sp³-hybridized carbons (Fsp3) is 0.476. The van der Waals surface area contributed by atoms with E-state index in [0.29, 0.717) is 12.0 Å². The monoisotopic (exact) mass is 378 g/mol. The van der Waals surface area contributed by atoms with Gasteiger partial charge in [0.1, 0.15) is 17.6 Å². The number of aromatic nitrogens is 4. The first-order valence-corrected chi connectivity index (χ1v) is 10.1. The van der Waals surface area contributed by atoms with Crippen molar-refractivity contribution in [2.24, 2.45) is 5.92 Å². The predicted molar refractivity (Wildman–Crippen MR) is 108 cm³/mol. The van der Waals surface area contributed by atoms with Crippen LogP contribution in [0, 0.1) is 5.92 Å². The van der Waals surface area contributed by atoms with Crippen LogP contribution in [0.2, 0.25) is 0 Å². The number of imidazole rings is 1. The summed E-state index contributed by atoms with van der Waals surface area (Å²) in [6.45, 7) is 4.16. The van der Waals surface area contributed by atoms with Crippen molar-refractivity contribution in [2.75, 3.05) is 31.6 Å². The molecule has 1 N–H and O–H groups in total. The van der Waals surface area contributed by atoms with Gasteiger partial charge in [-0.25, -0.2) is 15.0 Å². The van der Waals surface area contributed by atoms with Gasteiger partial charge < -0.3 is 14.6 Å². The fourth-order valence-electron chi connectivity index (χ4n) is 4.81. The van der Waals surface area contributed by atoms with Crippen molar-refractivity contribution >= 4 is 17.0 Å². The smallest absolute Gasteiger partial charge is 0.182 e. The summed E-state index contributed by atoms with van der Waals surface area (Å²) in [4.78, 5) is 21.4. The van der Waals surface area contributed by atoms with E-state index in [0.717, 1.165) is 48.9 Å². The molecule has 0 saturated carbocycles. The van der Waals surface area contributed by atoms with Crippen molar-refractivity contribution in [1.82, 2.24) is 24.8 Å². The van der Waals surface area contributed by atoms with Crippen LogP contribution in [-0.4, -0.2) is 57.6 Å². The van der Waals surface area contributed by atoms with E-state index in [-0.39, 0.29) is 0 Å². The second-order valence-electron chi connectivity index (χ2n) is 7.85. The number of rotatable bonds is 4. The summed E-state index contributed by atoms with van der Waals surface area (Å²) >= 11 is 0. The Morgan fingerprint density at radius 3 is 3.07 bits per heavy atom. The van der Waals surface area contributed by atoms with Crippen LogP contribution in [0.1, 0.15) is 24.8 Å². The van der Waals surface area contributed by atoms with Gasteiger partial charge in [-0.15, -0.1) is 0 Å². The Bertz CT molecular complexity index is 957. The summed E-state index contributed by atoms with van der Waals surface area (Å²) in [5.41, 5.74) is 3.00. The Hall–Kier alpha value is -2.67. The number of methoxy groups -OCH3 is 1. The second kappa shape index (κ2) is 7.39. The lowest BCUT2D eigenvalue weighted by molar-refractivity contribution is 0.179. The second-order valence-corrected chi connectivity index (χ2v) is 7.85. The molecule has 7 nitrogen and oxygen atoms in total. The molecule has 0 unspecified atom stereocenters. The molecule has 4 heterocycles. The van der Waals surface area contributed by atoms with Gasteiger partial charge in [-0.1, -0.05) is 18.6 Å². The highest BCUT2D eigenvalue weighted by Crippen LogP contribution is 2.34. The summed E-state index contributed by atoms with van der Waals surface area (Å²) in [6.07, 6.45) is 7.18. The van der Waals surface area contributed by atoms with Gasteiger partial charge in [0.05, 0.1) is 13.4 Å². The number of likely N-dealkylation sites (tertiary alicyclic amines) is 1. The third-order valence-corrected chi connectivity index (χ3v) is 6.17. The third kappa shape index (κ3) is 3.20. The van der Waals surface area contributed by atoms with E-state index in [1.807, 2.05) is 6.07 Å². The van der Waals surface area contributed by atoms with Gasteiger partial charge in [0, 0.05) is 25.7 Å². The molecule has 0 amide bonds. The minimum Gasteiger partial charge on any atom is -0.497 e. The van der Waals surface area contributed by atoms with Crippen LogP contribution in [-0.2, 0) is 6.54 Å². The quantitative estimate of drug-likeness (QED) is 0.753. The third-order valence-electron chi connectivity index (χ3n) is 6.17. The average Bonchev–Trinajstić information content (AvgIpc) is 3.33. The van der Waals surface area contributed by atoms with Crippen molar-refractivity contribution < 1.29 is 4.74 Å². The highest BCUT2D eigenvalue weighted by molar-refractivity contribution is 5.82. The van der Waals surface area contributed by atoms with E-state index in [4.69, 9.17) is 4.74 Å². The number of benzene rings is 1. The molecule has 1 aromatic carbocycles. The van der Waals surface area contributed by atoms with Gasteiger partial charge in [0.25, 0.3) is 0 Å². The molecule has 28 heavy (non-hydrogen) atoms. The molecule has 146 valence electrons. The number of fused-ring (bicyclic) bond motifs is 2. The summed E-state index contributed by atoms with van der Waals surface area (Å²) < 4.78 is 5.41. The average molecular weight is 378 g/mol. The molecular weight excluding hydrogens is 352 g/mol. The molecule has 0 aliphatic carbocycles. The number of ether oxygens (including phenoxy) is 1. The number of hydrogen-bond donors (Lipinski definition) is 1. The maximum atomic E-state index is 5.41. The first kappa shape index (κ1) is 17.4. The topological polar surface area (TPSA) is 70.2 Å². The van der Waals surface area contributed by atoms with E-state index in [9.17, 15) is 0 Å². The van der Waals surface area contributed by atoms with Gasteiger partial charge in [-0.2, -0.15) is 0 Å². The standard InChI is InChI=1S/C21H26N6O/c1-28-17-7-4-5-15(9-17)10-26-8-3-2-6-16-11-27(12-18(16)26)21-19-20(23-13-22-19)24-14-25-21/h4-5,7,9,13-14,16,18H,2-3,6,8,10-12H2,1H3,(H,22,23,24,25)/t16-,18+/m0/s1. The van der Waals surface area contributed by atoms with Crippen LogP contribution in [0.3, 0.4) is 0 Å². The Kier molecular flexibility index (Phi) is 4.60. The lowest BCUT2D eigenvalue weighted by Crippen LogP contribution is -2.39. The van der Waals surface area contributed by atoms with E-state index >= 15 is 0 Å². The van der Waals surface area contributed by atoms with Gasteiger partial charge in [-0.05, 0) is 43.0 Å². The van der Waals surface area contributed by atoms with E-state index in [1.165, 1.54) is 24.8 Å². The Labute approximate surface area is 164 Å². The number of aromatic amines is 1. The van der Waals surface area contributed by atoms with Crippen molar-refractivity contribution in [3.8, 4) is 5.75 Å². The summed E-state index contributed by atoms with van der Waals surface area (Å²) in [5.74, 6) is 2.58. The van der Waals surface area contributed by atoms with E-state index in [2.05, 4.69) is 47.9 Å². The fourth-order valence-corrected chi connectivity index (χ4v) is 4.81. The van der Waals surface area contributed by atoms with Crippen LogP contribution in [0.5, 0.6) is 5.75 Å². The molecule has 0 radical (unpaired) electrons. The van der Waals surface area contributed by atoms with Crippen LogP contribution >= 0.6 is 0 Å². The SMILES string of the molecule is COc1cccc(CN2CCCC[C@H]3CN(c4ncnc5nc[nH]c45)C[C@H]32)c1. The number of anilines is 1. The minimum atomic E-state index is 0.543. The maximum absolute atomic E-state index is 5.41. The highest BCUT2D eigenvalue weighted by atomic mass is 16.5. The Morgan fingerprint density at radius 2 is 2.14 bits per heavy atom. The lowest BCUT2D eigenvalue weighted by atomic mass is 9.98. The van der Waals surface area contributed by atoms with Crippen molar-refractivity contribution in [1.29, 1.82) is 0 Å². The first-order chi connectivity index (χ1) is 13.8. The van der Waals surface area contributed by atoms with Crippen LogP contribution in [0.15, 0.2) is 36.9 Å². The molecular formula is C21H26N6O. The van der Waals surface area contributed by atoms with Gasteiger partial charge >= 0.3 is 0 Å². The predicted octanol–water partition coefficient (Wildman–Crippen LogP) is 2.85. The molecule has 2 aromatic heterocycles. The summed E-state index contributed by atoms with van der Waals surface area (Å²) in [7, 11) is 1.73. The zero-order chi connectivity index (χ0) is 18.9. The lowest BCUT2D eigenvalue weighted by Gasteiger charge is -2.30.